The van der Waals surface area contributed by atoms with Crippen molar-refractivity contribution in [2.24, 2.45) is 0 Å². The van der Waals surface area contributed by atoms with Gasteiger partial charge < -0.3 is 9.47 Å². The van der Waals surface area contributed by atoms with Crippen molar-refractivity contribution in [3.8, 4) is 5.88 Å². The van der Waals surface area contributed by atoms with E-state index in [9.17, 15) is 4.79 Å². The van der Waals surface area contributed by atoms with Crippen LogP contribution in [0.1, 0.15) is 16.1 Å². The fourth-order valence-corrected chi connectivity index (χ4v) is 1.54. The predicted octanol–water partition coefficient (Wildman–Crippen LogP) is 1.88. The number of hydrogen-bond donors (Lipinski definition) is 0. The van der Waals surface area contributed by atoms with E-state index in [0.717, 1.165) is 5.69 Å². The van der Waals surface area contributed by atoms with E-state index in [4.69, 9.17) is 4.74 Å². The minimum atomic E-state index is -0.406. The first-order valence-corrected chi connectivity index (χ1v) is 5.86. The maximum atomic E-state index is 11.3. The van der Waals surface area contributed by atoms with Gasteiger partial charge in [0.25, 0.3) is 0 Å². The zero-order valence-corrected chi connectivity index (χ0v) is 10.6. The smallest absolute Gasteiger partial charge is 0.338 e. The quantitative estimate of drug-likeness (QED) is 0.766. The largest absolute Gasteiger partial charge is 0.477 e. The minimum absolute atomic E-state index is 0.402. The van der Waals surface area contributed by atoms with Crippen LogP contribution in [-0.4, -0.2) is 29.7 Å². The van der Waals surface area contributed by atoms with Crippen LogP contribution >= 0.6 is 0 Å². The molecule has 0 atom stereocenters. The van der Waals surface area contributed by atoms with Crippen molar-refractivity contribution in [3.63, 3.8) is 0 Å². The Morgan fingerprint density at radius 3 is 2.84 bits per heavy atom. The van der Waals surface area contributed by atoms with Crippen molar-refractivity contribution in [2.45, 2.75) is 6.42 Å². The zero-order valence-electron chi connectivity index (χ0n) is 10.6. The topological polar surface area (TPSA) is 61.3 Å². The number of hydrogen-bond acceptors (Lipinski definition) is 5. The molecule has 5 nitrogen and oxygen atoms in total. The molecule has 5 heteroatoms. The fourth-order valence-electron chi connectivity index (χ4n) is 1.54. The van der Waals surface area contributed by atoms with Crippen LogP contribution in [0, 0.1) is 0 Å². The molecule has 2 aromatic rings. The molecular weight excluding hydrogens is 244 g/mol. The maximum Gasteiger partial charge on any atom is 0.338 e. The van der Waals surface area contributed by atoms with Gasteiger partial charge in [-0.2, -0.15) is 0 Å². The number of pyridine rings is 2. The standard InChI is InChI=1S/C14H14N2O3/c1-18-14(17)11-5-8-16-13(10-11)19-9-6-12-4-2-3-7-15-12/h2-5,7-8,10H,6,9H2,1H3. The lowest BCUT2D eigenvalue weighted by atomic mass is 10.2. The average Bonchev–Trinajstić information content (AvgIpc) is 2.48. The molecule has 0 unspecified atom stereocenters. The maximum absolute atomic E-state index is 11.3. The summed E-state index contributed by atoms with van der Waals surface area (Å²) in [6.45, 7) is 0.453. The molecule has 0 fully saturated rings. The first-order valence-electron chi connectivity index (χ1n) is 5.86. The SMILES string of the molecule is COC(=O)c1ccnc(OCCc2ccccn2)c1. The first-order chi connectivity index (χ1) is 9.29. The molecular formula is C14H14N2O3. The Balaban J connectivity index is 1.91. The Morgan fingerprint density at radius 1 is 1.21 bits per heavy atom. The molecule has 19 heavy (non-hydrogen) atoms. The second-order valence-corrected chi connectivity index (χ2v) is 3.79. The Hall–Kier alpha value is -2.43. The van der Waals surface area contributed by atoms with Gasteiger partial charge in [0.1, 0.15) is 0 Å². The van der Waals surface area contributed by atoms with Gasteiger partial charge in [0, 0.05) is 30.6 Å². The number of esters is 1. The van der Waals surface area contributed by atoms with Crippen LogP contribution in [0.4, 0.5) is 0 Å². The highest BCUT2D eigenvalue weighted by molar-refractivity contribution is 5.89. The van der Waals surface area contributed by atoms with Gasteiger partial charge in [0.05, 0.1) is 19.3 Å². The van der Waals surface area contributed by atoms with Gasteiger partial charge in [0.15, 0.2) is 0 Å². The molecule has 0 saturated heterocycles. The van der Waals surface area contributed by atoms with Crippen molar-refractivity contribution < 1.29 is 14.3 Å². The fraction of sp³-hybridized carbons (Fsp3) is 0.214. The van der Waals surface area contributed by atoms with Crippen LogP contribution in [0.15, 0.2) is 42.7 Å². The molecule has 0 aliphatic heterocycles. The monoisotopic (exact) mass is 258 g/mol. The summed E-state index contributed by atoms with van der Waals surface area (Å²) >= 11 is 0. The number of carbonyl (C=O) groups is 1. The second kappa shape index (κ2) is 6.49. The van der Waals surface area contributed by atoms with Crippen LogP contribution in [-0.2, 0) is 11.2 Å². The summed E-state index contributed by atoms with van der Waals surface area (Å²) in [6.07, 6.45) is 3.94. The summed E-state index contributed by atoms with van der Waals surface area (Å²) in [7, 11) is 1.34. The number of nitrogens with zero attached hydrogens (tertiary/aromatic N) is 2. The molecule has 0 aliphatic rings. The summed E-state index contributed by atoms with van der Waals surface area (Å²) in [6, 6.07) is 8.87. The van der Waals surface area contributed by atoms with Crippen LogP contribution in [0.25, 0.3) is 0 Å². The third-order valence-corrected chi connectivity index (χ3v) is 2.49. The summed E-state index contributed by atoms with van der Waals surface area (Å²) in [5, 5.41) is 0. The summed E-state index contributed by atoms with van der Waals surface area (Å²) in [5.74, 6) is -0.00388. The van der Waals surface area contributed by atoms with Gasteiger partial charge in [-0.3, -0.25) is 4.98 Å². The lowest BCUT2D eigenvalue weighted by molar-refractivity contribution is 0.0600. The number of methoxy groups -OCH3 is 1. The number of aromatic nitrogens is 2. The third-order valence-electron chi connectivity index (χ3n) is 2.49. The van der Waals surface area contributed by atoms with Crippen LogP contribution in [0.3, 0.4) is 0 Å². The van der Waals surface area contributed by atoms with Crippen molar-refractivity contribution >= 4 is 5.97 Å². The van der Waals surface area contributed by atoms with Crippen molar-refractivity contribution in [1.29, 1.82) is 0 Å². The molecule has 0 aliphatic carbocycles. The molecule has 2 aromatic heterocycles. The Morgan fingerprint density at radius 2 is 2.11 bits per heavy atom. The number of ether oxygens (including phenoxy) is 2. The van der Waals surface area contributed by atoms with E-state index in [1.807, 2.05) is 18.2 Å². The van der Waals surface area contributed by atoms with Crippen LogP contribution in [0.2, 0.25) is 0 Å². The average molecular weight is 258 g/mol. The van der Waals surface area contributed by atoms with E-state index in [0.29, 0.717) is 24.5 Å². The second-order valence-electron chi connectivity index (χ2n) is 3.79. The molecule has 2 heterocycles. The van der Waals surface area contributed by atoms with E-state index in [1.165, 1.54) is 13.3 Å². The van der Waals surface area contributed by atoms with Gasteiger partial charge in [-0.15, -0.1) is 0 Å². The van der Waals surface area contributed by atoms with Crippen LogP contribution < -0.4 is 4.74 Å². The molecule has 0 radical (unpaired) electrons. The Bertz CT molecular complexity index is 543. The van der Waals surface area contributed by atoms with Crippen molar-refractivity contribution in [3.05, 3.63) is 54.0 Å². The Kier molecular flexibility index (Phi) is 4.44. The van der Waals surface area contributed by atoms with E-state index in [-0.39, 0.29) is 0 Å². The summed E-state index contributed by atoms with van der Waals surface area (Å²) < 4.78 is 10.1. The highest BCUT2D eigenvalue weighted by Gasteiger charge is 2.07. The molecule has 0 N–H and O–H groups in total. The number of rotatable bonds is 5. The van der Waals surface area contributed by atoms with E-state index < -0.39 is 5.97 Å². The summed E-state index contributed by atoms with van der Waals surface area (Å²) in [5.41, 5.74) is 1.37. The highest BCUT2D eigenvalue weighted by atomic mass is 16.5. The zero-order chi connectivity index (χ0) is 13.5. The van der Waals surface area contributed by atoms with Gasteiger partial charge in [-0.25, -0.2) is 9.78 Å². The lowest BCUT2D eigenvalue weighted by Gasteiger charge is -2.06. The molecule has 0 spiro atoms. The normalized spacial score (nSPS) is 9.95. The van der Waals surface area contributed by atoms with E-state index >= 15 is 0 Å². The van der Waals surface area contributed by atoms with Gasteiger partial charge >= 0.3 is 5.97 Å². The highest BCUT2D eigenvalue weighted by Crippen LogP contribution is 2.10. The molecule has 0 aromatic carbocycles. The van der Waals surface area contributed by atoms with E-state index in [2.05, 4.69) is 14.7 Å². The number of carbonyl (C=O) groups excluding carboxylic acids is 1. The molecule has 0 saturated carbocycles. The molecule has 0 bridgehead atoms. The van der Waals surface area contributed by atoms with E-state index in [1.54, 1.807) is 18.3 Å². The first kappa shape index (κ1) is 13.0. The Labute approximate surface area is 111 Å². The molecule has 0 amide bonds. The molecule has 98 valence electrons. The molecule has 2 rings (SSSR count). The van der Waals surface area contributed by atoms with Crippen LogP contribution in [0.5, 0.6) is 5.88 Å². The predicted molar refractivity (Wildman–Crippen MR) is 69.0 cm³/mol. The minimum Gasteiger partial charge on any atom is -0.477 e. The summed E-state index contributed by atoms with van der Waals surface area (Å²) in [4.78, 5) is 19.6. The van der Waals surface area contributed by atoms with Gasteiger partial charge in [-0.1, -0.05) is 6.07 Å². The lowest BCUT2D eigenvalue weighted by Crippen LogP contribution is -2.06. The third kappa shape index (κ3) is 3.77. The van der Waals surface area contributed by atoms with Crippen molar-refractivity contribution in [2.75, 3.05) is 13.7 Å². The van der Waals surface area contributed by atoms with Gasteiger partial charge in [-0.05, 0) is 18.2 Å². The van der Waals surface area contributed by atoms with Gasteiger partial charge in [0.2, 0.25) is 5.88 Å². The van der Waals surface area contributed by atoms with Crippen molar-refractivity contribution in [1.82, 2.24) is 9.97 Å².